The highest BCUT2D eigenvalue weighted by Gasteiger charge is 2.38. The zero-order valence-corrected chi connectivity index (χ0v) is 22.3. The molecule has 1 N–H and O–H groups in total. The van der Waals surface area contributed by atoms with Gasteiger partial charge in [0, 0.05) is 38.8 Å². The molecule has 10 heteroatoms. The summed E-state index contributed by atoms with van der Waals surface area (Å²) in [7, 11) is 1.94. The van der Waals surface area contributed by atoms with Crippen molar-refractivity contribution in [3.05, 3.63) is 59.5 Å². The number of hydrogen-bond donors (Lipinski definition) is 1. The van der Waals surface area contributed by atoms with Gasteiger partial charge in [-0.2, -0.15) is 4.52 Å². The van der Waals surface area contributed by atoms with E-state index in [4.69, 9.17) is 15.1 Å². The van der Waals surface area contributed by atoms with Gasteiger partial charge in [0.15, 0.2) is 11.5 Å². The number of carbonyl (C=O) groups is 1. The number of nitrogens with zero attached hydrogens (tertiary/aromatic N) is 7. The Balaban J connectivity index is 1.38. The molecule has 2 aromatic heterocycles. The molecule has 9 nitrogen and oxygen atoms in total. The minimum Gasteiger partial charge on any atom is -0.391 e. The zero-order chi connectivity index (χ0) is 27.0. The number of imidazole rings is 1. The average Bonchev–Trinajstić information content (AvgIpc) is 3.49. The van der Waals surface area contributed by atoms with Crippen molar-refractivity contribution in [1.29, 1.82) is 0 Å². The second-order valence-electron chi connectivity index (χ2n) is 9.92. The number of aliphatic hydroxyl groups is 1. The lowest BCUT2D eigenvalue weighted by molar-refractivity contribution is -0.135. The van der Waals surface area contributed by atoms with Crippen LogP contribution in [0.1, 0.15) is 38.4 Å². The first kappa shape index (κ1) is 25.8. The molecule has 1 amide bonds. The second kappa shape index (κ2) is 10.5. The normalized spacial score (nSPS) is 18.8. The van der Waals surface area contributed by atoms with Gasteiger partial charge in [0.25, 0.3) is 0 Å². The first-order valence-electron chi connectivity index (χ1n) is 13.1. The van der Waals surface area contributed by atoms with Crippen LogP contribution in [0.5, 0.6) is 0 Å². The number of rotatable bonds is 6. The first-order chi connectivity index (χ1) is 18.3. The highest BCUT2D eigenvalue weighted by atomic mass is 19.1. The Kier molecular flexibility index (Phi) is 7.16. The van der Waals surface area contributed by atoms with E-state index in [1.165, 1.54) is 12.1 Å². The lowest BCUT2D eigenvalue weighted by Crippen LogP contribution is -2.54. The predicted molar refractivity (Wildman–Crippen MR) is 147 cm³/mol. The number of hydrogen-bond acceptors (Lipinski definition) is 6. The average molecular weight is 520 g/mol. The molecule has 2 aliphatic rings. The highest BCUT2D eigenvalue weighted by molar-refractivity contribution is 5.98. The van der Waals surface area contributed by atoms with Gasteiger partial charge in [0.05, 0.1) is 23.4 Å². The number of aromatic nitrogens is 3. The smallest absolute Gasteiger partial charge is 0.229 e. The molecule has 1 unspecified atom stereocenters. The molecule has 3 aromatic rings. The van der Waals surface area contributed by atoms with Gasteiger partial charge in [-0.25, -0.2) is 14.4 Å². The van der Waals surface area contributed by atoms with E-state index in [1.807, 2.05) is 48.5 Å². The Bertz CT molecular complexity index is 1390. The van der Waals surface area contributed by atoms with Crippen molar-refractivity contribution in [2.75, 3.05) is 43.0 Å². The zero-order valence-electron chi connectivity index (χ0n) is 22.3. The fourth-order valence-electron chi connectivity index (χ4n) is 5.04. The minimum absolute atomic E-state index is 0.0750. The SMILES string of the molecule is C/C=C(\N=C(C)N(C)c1c(CC)nc2ccc(N3CC(C(=O)N4CCC(O)C4)C3)nn12)c1ccc(F)cc1. The number of aliphatic imine (C=N–C) groups is 1. The summed E-state index contributed by atoms with van der Waals surface area (Å²) in [5, 5.41) is 14.7. The van der Waals surface area contributed by atoms with Crippen LogP contribution < -0.4 is 9.80 Å². The summed E-state index contributed by atoms with van der Waals surface area (Å²) >= 11 is 0. The maximum Gasteiger partial charge on any atom is 0.229 e. The van der Waals surface area contributed by atoms with E-state index in [-0.39, 0.29) is 17.6 Å². The third kappa shape index (κ3) is 4.88. The van der Waals surface area contributed by atoms with Gasteiger partial charge >= 0.3 is 0 Å². The number of allylic oxidation sites excluding steroid dienone is 1. The van der Waals surface area contributed by atoms with Gasteiger partial charge in [-0.1, -0.05) is 13.0 Å². The molecule has 0 aliphatic carbocycles. The molecule has 2 aliphatic heterocycles. The van der Waals surface area contributed by atoms with Crippen molar-refractivity contribution in [1.82, 2.24) is 19.5 Å². The van der Waals surface area contributed by atoms with Crippen molar-refractivity contribution < 1.29 is 14.3 Å². The van der Waals surface area contributed by atoms with E-state index in [2.05, 4.69) is 11.8 Å². The number of aliphatic hydroxyl groups excluding tert-OH is 1. The van der Waals surface area contributed by atoms with Crippen LogP contribution in [0.2, 0.25) is 0 Å². The van der Waals surface area contributed by atoms with E-state index < -0.39 is 6.10 Å². The van der Waals surface area contributed by atoms with Gasteiger partial charge in [-0.05, 0) is 63.1 Å². The number of benzene rings is 1. The number of anilines is 2. The summed E-state index contributed by atoms with van der Waals surface area (Å²) in [5.41, 5.74) is 3.22. The second-order valence-corrected chi connectivity index (χ2v) is 9.92. The van der Waals surface area contributed by atoms with Crippen LogP contribution in [0.4, 0.5) is 16.0 Å². The predicted octanol–water partition coefficient (Wildman–Crippen LogP) is 3.38. The Morgan fingerprint density at radius 2 is 1.95 bits per heavy atom. The molecule has 200 valence electrons. The largest absolute Gasteiger partial charge is 0.391 e. The molecule has 0 saturated carbocycles. The fraction of sp³-hybridized carbons (Fsp3) is 0.429. The van der Waals surface area contributed by atoms with E-state index in [0.29, 0.717) is 32.6 Å². The summed E-state index contributed by atoms with van der Waals surface area (Å²) < 4.78 is 15.3. The number of likely N-dealkylation sites (tertiary alicyclic amines) is 1. The summed E-state index contributed by atoms with van der Waals surface area (Å²) in [6.45, 7) is 8.16. The maximum atomic E-state index is 13.4. The molecule has 2 fully saturated rings. The van der Waals surface area contributed by atoms with Gasteiger partial charge in [-0.3, -0.25) is 4.79 Å². The Labute approximate surface area is 221 Å². The van der Waals surface area contributed by atoms with Gasteiger partial charge < -0.3 is 19.8 Å². The molecule has 0 spiro atoms. The Morgan fingerprint density at radius 3 is 2.58 bits per heavy atom. The van der Waals surface area contributed by atoms with E-state index in [9.17, 15) is 14.3 Å². The van der Waals surface area contributed by atoms with Crippen LogP contribution in [0.15, 0.2) is 47.5 Å². The van der Waals surface area contributed by atoms with Gasteiger partial charge in [0.2, 0.25) is 5.91 Å². The molecule has 1 atom stereocenters. The number of carbonyl (C=O) groups excluding carboxylic acids is 1. The molecular weight excluding hydrogens is 485 g/mol. The van der Waals surface area contributed by atoms with Crippen LogP contribution in [0.25, 0.3) is 11.3 Å². The fourth-order valence-corrected chi connectivity index (χ4v) is 5.04. The quantitative estimate of drug-likeness (QED) is 0.397. The summed E-state index contributed by atoms with van der Waals surface area (Å²) in [6, 6.07) is 10.2. The van der Waals surface area contributed by atoms with Crippen LogP contribution in [-0.2, 0) is 11.2 Å². The molecule has 1 aromatic carbocycles. The van der Waals surface area contributed by atoms with Crippen molar-refractivity contribution in [3.8, 4) is 0 Å². The molecule has 0 bridgehead atoms. The monoisotopic (exact) mass is 519 g/mol. The molecule has 4 heterocycles. The maximum absolute atomic E-state index is 13.4. The summed E-state index contributed by atoms with van der Waals surface area (Å²) in [4.78, 5) is 28.2. The number of aryl methyl sites for hydroxylation is 1. The Hall–Kier alpha value is -3.79. The first-order valence-corrected chi connectivity index (χ1v) is 13.1. The third-order valence-corrected chi connectivity index (χ3v) is 7.37. The minimum atomic E-state index is -0.407. The van der Waals surface area contributed by atoms with Crippen LogP contribution in [-0.4, -0.2) is 75.7 Å². The number of amidine groups is 1. The molecule has 2 saturated heterocycles. The topological polar surface area (TPSA) is 89.6 Å². The lowest BCUT2D eigenvalue weighted by atomic mass is 9.98. The Morgan fingerprint density at radius 1 is 1.21 bits per heavy atom. The summed E-state index contributed by atoms with van der Waals surface area (Å²) in [5.74, 6) is 2.12. The number of β-amino-alcohol motifs (C(OH)–C–C–N with tert-alkyl or cyclic N) is 1. The number of amides is 1. The standard InChI is InChI=1S/C28H34FN7O2/c1-5-23(19-7-9-21(29)10-8-19)30-18(3)33(4)27-24(6-2)31-25-11-12-26(32-36(25)27)35-15-20(16-35)28(38)34-14-13-22(37)17-34/h5,7-12,20,22,37H,6,13-17H2,1-4H3/b23-5-,30-18?. The summed E-state index contributed by atoms with van der Waals surface area (Å²) in [6.07, 6.45) is 2.87. The van der Waals surface area contributed by atoms with Crippen molar-refractivity contribution in [2.45, 2.75) is 39.7 Å². The third-order valence-electron chi connectivity index (χ3n) is 7.37. The molecule has 0 radical (unpaired) electrons. The van der Waals surface area contributed by atoms with Crippen molar-refractivity contribution in [3.63, 3.8) is 0 Å². The van der Waals surface area contributed by atoms with Crippen LogP contribution in [0.3, 0.4) is 0 Å². The number of halogens is 1. The highest BCUT2D eigenvalue weighted by Crippen LogP contribution is 2.29. The number of fused-ring (bicyclic) bond motifs is 1. The van der Waals surface area contributed by atoms with Crippen LogP contribution >= 0.6 is 0 Å². The molecule has 38 heavy (non-hydrogen) atoms. The van der Waals surface area contributed by atoms with Crippen LogP contribution in [0, 0.1) is 11.7 Å². The van der Waals surface area contributed by atoms with E-state index in [1.54, 1.807) is 17.0 Å². The van der Waals surface area contributed by atoms with Gasteiger partial charge in [0.1, 0.15) is 17.5 Å². The van der Waals surface area contributed by atoms with Crippen molar-refractivity contribution >= 4 is 34.7 Å². The van der Waals surface area contributed by atoms with Crippen molar-refractivity contribution in [2.24, 2.45) is 10.9 Å². The molecule has 5 rings (SSSR count). The lowest BCUT2D eigenvalue weighted by Gasteiger charge is -2.40. The molecular formula is C28H34FN7O2. The van der Waals surface area contributed by atoms with Gasteiger partial charge in [-0.15, -0.1) is 5.10 Å². The van der Waals surface area contributed by atoms with E-state index in [0.717, 1.165) is 46.5 Å². The van der Waals surface area contributed by atoms with E-state index >= 15 is 0 Å².